The summed E-state index contributed by atoms with van der Waals surface area (Å²) in [4.78, 5) is 40.0. The molecule has 2 N–H and O–H groups in total. The number of carbonyl (C=O) groups is 3. The Morgan fingerprint density at radius 3 is 2.75 bits per heavy atom. The maximum absolute atomic E-state index is 12.5. The van der Waals surface area contributed by atoms with Gasteiger partial charge in [0.15, 0.2) is 0 Å². The first-order valence-electron chi connectivity index (χ1n) is 8.48. The van der Waals surface area contributed by atoms with Crippen molar-refractivity contribution >= 4 is 17.9 Å². The van der Waals surface area contributed by atoms with Crippen LogP contribution < -0.4 is 10.6 Å². The number of hydrogen-bond donors (Lipinski definition) is 2. The van der Waals surface area contributed by atoms with Crippen molar-refractivity contribution in [3.63, 3.8) is 0 Å². The van der Waals surface area contributed by atoms with Crippen LogP contribution in [0.1, 0.15) is 33.1 Å². The van der Waals surface area contributed by atoms with Gasteiger partial charge in [-0.25, -0.2) is 4.79 Å². The van der Waals surface area contributed by atoms with Crippen LogP contribution in [0, 0.1) is 0 Å². The lowest BCUT2D eigenvalue weighted by Gasteiger charge is -2.33. The van der Waals surface area contributed by atoms with E-state index in [4.69, 9.17) is 4.74 Å². The van der Waals surface area contributed by atoms with Crippen molar-refractivity contribution in [1.82, 2.24) is 20.4 Å². The molecule has 0 unspecified atom stereocenters. The molecular formula is C16H28N4O4. The molecule has 0 spiro atoms. The molecule has 0 aliphatic carbocycles. The summed E-state index contributed by atoms with van der Waals surface area (Å²) in [5, 5.41) is 5.78. The van der Waals surface area contributed by atoms with Gasteiger partial charge in [-0.15, -0.1) is 0 Å². The number of urea groups is 1. The first-order valence-corrected chi connectivity index (χ1v) is 8.48. The van der Waals surface area contributed by atoms with E-state index in [1.165, 1.54) is 7.11 Å². The number of amides is 3. The van der Waals surface area contributed by atoms with Crippen molar-refractivity contribution in [3.05, 3.63) is 0 Å². The van der Waals surface area contributed by atoms with E-state index in [2.05, 4.69) is 15.5 Å². The van der Waals surface area contributed by atoms with Gasteiger partial charge in [0.05, 0.1) is 7.11 Å². The Morgan fingerprint density at radius 2 is 2.12 bits per heavy atom. The van der Waals surface area contributed by atoms with Gasteiger partial charge in [0.25, 0.3) is 0 Å². The van der Waals surface area contributed by atoms with Gasteiger partial charge in [-0.3, -0.25) is 14.5 Å². The summed E-state index contributed by atoms with van der Waals surface area (Å²) in [5.74, 6) is -0.372. The minimum Gasteiger partial charge on any atom is -0.469 e. The number of fused-ring (bicyclic) bond motifs is 1. The van der Waals surface area contributed by atoms with Gasteiger partial charge in [0, 0.05) is 37.6 Å². The summed E-state index contributed by atoms with van der Waals surface area (Å²) in [5.41, 5.74) is 0. The fourth-order valence-electron chi connectivity index (χ4n) is 3.51. The summed E-state index contributed by atoms with van der Waals surface area (Å²) in [6, 6.07) is -0.647. The van der Waals surface area contributed by atoms with E-state index in [1.807, 2.05) is 20.9 Å². The number of nitrogens with one attached hydrogen (secondary N) is 2. The van der Waals surface area contributed by atoms with Gasteiger partial charge in [-0.1, -0.05) is 0 Å². The van der Waals surface area contributed by atoms with Crippen molar-refractivity contribution in [3.8, 4) is 0 Å². The fraction of sp³-hybridized carbons (Fsp3) is 0.812. The van der Waals surface area contributed by atoms with Gasteiger partial charge < -0.3 is 20.3 Å². The van der Waals surface area contributed by atoms with E-state index in [9.17, 15) is 14.4 Å². The van der Waals surface area contributed by atoms with E-state index < -0.39 is 6.04 Å². The Bertz CT molecular complexity index is 496. The van der Waals surface area contributed by atoms with E-state index in [0.29, 0.717) is 25.9 Å². The zero-order valence-corrected chi connectivity index (χ0v) is 14.9. The van der Waals surface area contributed by atoms with Crippen molar-refractivity contribution < 1.29 is 19.1 Å². The SMILES string of the molecule is COC(=O)CC[C@H]1CNC(=O)[C@@H]2[C@@H](CCN2C(=O)NC(C)C)N1C. The van der Waals surface area contributed by atoms with Crippen molar-refractivity contribution in [1.29, 1.82) is 0 Å². The first kappa shape index (κ1) is 18.5. The van der Waals surface area contributed by atoms with Crippen molar-refractivity contribution in [2.75, 3.05) is 27.2 Å². The predicted octanol–water partition coefficient (Wildman–Crippen LogP) is -0.0693. The molecule has 0 radical (unpaired) electrons. The number of likely N-dealkylation sites (N-methyl/N-ethyl adjacent to an activating group) is 1. The summed E-state index contributed by atoms with van der Waals surface area (Å²) in [6.45, 7) is 4.81. The summed E-state index contributed by atoms with van der Waals surface area (Å²) in [6.07, 6.45) is 1.68. The second-order valence-electron chi connectivity index (χ2n) is 6.78. The number of hydrogen-bond acceptors (Lipinski definition) is 5. The minimum absolute atomic E-state index is 0.0240. The largest absolute Gasteiger partial charge is 0.469 e. The molecule has 3 amide bonds. The van der Waals surface area contributed by atoms with Gasteiger partial charge in [0.2, 0.25) is 5.91 Å². The number of methoxy groups -OCH3 is 1. The summed E-state index contributed by atoms with van der Waals surface area (Å²) >= 11 is 0. The van der Waals surface area contributed by atoms with E-state index >= 15 is 0 Å². The second kappa shape index (κ2) is 7.83. The fourth-order valence-corrected chi connectivity index (χ4v) is 3.51. The number of ether oxygens (including phenoxy) is 1. The van der Waals surface area contributed by atoms with Crippen LogP contribution in [0.4, 0.5) is 4.79 Å². The third-order valence-electron chi connectivity index (χ3n) is 4.83. The molecule has 2 aliphatic heterocycles. The Labute approximate surface area is 142 Å². The van der Waals surface area contributed by atoms with Crippen LogP contribution in [0.5, 0.6) is 0 Å². The van der Waals surface area contributed by atoms with Gasteiger partial charge in [-0.2, -0.15) is 0 Å². The maximum atomic E-state index is 12.5. The molecule has 0 bridgehead atoms. The third-order valence-corrected chi connectivity index (χ3v) is 4.83. The summed E-state index contributed by atoms with van der Waals surface area (Å²) in [7, 11) is 3.34. The molecule has 3 atom stereocenters. The molecule has 2 rings (SSSR count). The molecule has 2 aliphatic rings. The highest BCUT2D eigenvalue weighted by Crippen LogP contribution is 2.27. The first-order chi connectivity index (χ1) is 11.3. The Hall–Kier alpha value is -1.83. The van der Waals surface area contributed by atoms with Crippen molar-refractivity contribution in [2.24, 2.45) is 0 Å². The highest BCUT2D eigenvalue weighted by Gasteiger charge is 2.46. The normalized spacial score (nSPS) is 27.5. The lowest BCUT2D eigenvalue weighted by atomic mass is 10.0. The van der Waals surface area contributed by atoms with Crippen LogP contribution in [-0.2, 0) is 14.3 Å². The van der Waals surface area contributed by atoms with Crippen LogP contribution in [0.15, 0.2) is 0 Å². The van der Waals surface area contributed by atoms with Gasteiger partial charge in [0.1, 0.15) is 6.04 Å². The molecule has 0 aromatic heterocycles. The number of likely N-dealkylation sites (tertiary alicyclic amines) is 1. The zero-order valence-electron chi connectivity index (χ0n) is 14.9. The minimum atomic E-state index is -0.489. The monoisotopic (exact) mass is 340 g/mol. The molecule has 2 saturated heterocycles. The van der Waals surface area contributed by atoms with E-state index in [-0.39, 0.29) is 36.0 Å². The lowest BCUT2D eigenvalue weighted by Crippen LogP contribution is -2.54. The predicted molar refractivity (Wildman–Crippen MR) is 88.4 cm³/mol. The van der Waals surface area contributed by atoms with Crippen molar-refractivity contribution in [2.45, 2.75) is 57.3 Å². The second-order valence-corrected chi connectivity index (χ2v) is 6.78. The maximum Gasteiger partial charge on any atom is 0.318 e. The Morgan fingerprint density at radius 1 is 1.42 bits per heavy atom. The topological polar surface area (TPSA) is 91.0 Å². The Balaban J connectivity index is 2.08. The highest BCUT2D eigenvalue weighted by molar-refractivity contribution is 5.88. The molecule has 136 valence electrons. The molecule has 0 aromatic carbocycles. The van der Waals surface area contributed by atoms with E-state index in [1.54, 1.807) is 4.90 Å². The quantitative estimate of drug-likeness (QED) is 0.699. The average molecular weight is 340 g/mol. The van der Waals surface area contributed by atoms with Gasteiger partial charge in [-0.05, 0) is 33.7 Å². The molecular weight excluding hydrogens is 312 g/mol. The van der Waals surface area contributed by atoms with Gasteiger partial charge >= 0.3 is 12.0 Å². The van der Waals surface area contributed by atoms with Crippen LogP contribution in [0.25, 0.3) is 0 Å². The number of carbonyl (C=O) groups excluding carboxylic acids is 3. The zero-order chi connectivity index (χ0) is 17.9. The van der Waals surface area contributed by atoms with Crippen LogP contribution in [0.2, 0.25) is 0 Å². The highest BCUT2D eigenvalue weighted by atomic mass is 16.5. The molecule has 0 aromatic rings. The summed E-state index contributed by atoms with van der Waals surface area (Å²) < 4.78 is 4.70. The molecule has 24 heavy (non-hydrogen) atoms. The Kier molecular flexibility index (Phi) is 6.04. The molecule has 8 heteroatoms. The number of esters is 1. The number of nitrogens with zero attached hydrogens (tertiary/aromatic N) is 2. The molecule has 8 nitrogen and oxygen atoms in total. The smallest absolute Gasteiger partial charge is 0.318 e. The average Bonchev–Trinajstić information content (AvgIpc) is 2.93. The number of rotatable bonds is 4. The van der Waals surface area contributed by atoms with Crippen LogP contribution >= 0.6 is 0 Å². The third kappa shape index (κ3) is 3.98. The molecule has 2 fully saturated rings. The molecule has 2 heterocycles. The van der Waals surface area contributed by atoms with Crippen LogP contribution in [0.3, 0.4) is 0 Å². The molecule has 0 saturated carbocycles. The lowest BCUT2D eigenvalue weighted by molar-refractivity contribution is -0.141. The standard InChI is InChI=1S/C16H28N4O4/c1-10(2)18-16(23)20-8-7-12-14(20)15(22)17-9-11(19(12)3)5-6-13(21)24-4/h10-12,14H,5-9H2,1-4H3,(H,17,22)(H,18,23)/t11-,12+,14-/m0/s1. The van der Waals surface area contributed by atoms with E-state index in [0.717, 1.165) is 6.42 Å². The van der Waals surface area contributed by atoms with Crippen LogP contribution in [-0.4, -0.2) is 79.1 Å².